The van der Waals surface area contributed by atoms with E-state index in [1.54, 1.807) is 0 Å². The van der Waals surface area contributed by atoms with Crippen molar-refractivity contribution in [1.29, 1.82) is 0 Å². The van der Waals surface area contributed by atoms with Gasteiger partial charge >= 0.3 is 0 Å². The van der Waals surface area contributed by atoms with Crippen LogP contribution in [0.3, 0.4) is 0 Å². The lowest BCUT2D eigenvalue weighted by molar-refractivity contribution is 0.580. The Morgan fingerprint density at radius 1 is 1.44 bits per heavy atom. The van der Waals surface area contributed by atoms with Gasteiger partial charge in [-0.15, -0.1) is 0 Å². The van der Waals surface area contributed by atoms with Gasteiger partial charge in [0.25, 0.3) is 0 Å². The van der Waals surface area contributed by atoms with Crippen LogP contribution in [0.1, 0.15) is 12.5 Å². The van der Waals surface area contributed by atoms with Crippen LogP contribution >= 0.6 is 12.2 Å². The third-order valence-corrected chi connectivity index (χ3v) is 2.15. The van der Waals surface area contributed by atoms with Crippen molar-refractivity contribution in [2.45, 2.75) is 6.92 Å². The van der Waals surface area contributed by atoms with Gasteiger partial charge in [0.1, 0.15) is 11.6 Å². The van der Waals surface area contributed by atoms with E-state index in [9.17, 15) is 8.78 Å². The van der Waals surface area contributed by atoms with E-state index in [1.165, 1.54) is 6.07 Å². The zero-order valence-corrected chi connectivity index (χ0v) is 10.7. The van der Waals surface area contributed by atoms with Crippen LogP contribution in [0.5, 0.6) is 0 Å². The first-order chi connectivity index (χ1) is 8.50. The maximum Gasteiger partial charge on any atom is 0.187 e. The average Bonchev–Trinajstić information content (AvgIpc) is 2.30. The number of halogens is 2. The monoisotopic (exact) mass is 269 g/mol. The van der Waals surface area contributed by atoms with Crippen molar-refractivity contribution in [2.24, 2.45) is 5.10 Å². The van der Waals surface area contributed by atoms with Crippen molar-refractivity contribution in [3.05, 3.63) is 47.5 Å². The molecule has 1 aromatic carbocycles. The highest BCUT2D eigenvalue weighted by atomic mass is 32.1. The number of hydrogen-bond acceptors (Lipinski definition) is 2. The van der Waals surface area contributed by atoms with Gasteiger partial charge in [-0.2, -0.15) is 5.10 Å². The minimum atomic E-state index is -0.679. The lowest BCUT2D eigenvalue weighted by atomic mass is 10.2. The molecular weight excluding hydrogens is 256 g/mol. The Hall–Kier alpha value is -1.82. The molecule has 0 aromatic heterocycles. The predicted octanol–water partition coefficient (Wildman–Crippen LogP) is 2.34. The largest absolute Gasteiger partial charge is 0.358 e. The van der Waals surface area contributed by atoms with Gasteiger partial charge in [-0.25, -0.2) is 8.78 Å². The summed E-state index contributed by atoms with van der Waals surface area (Å²) in [5.74, 6) is -1.36. The first kappa shape index (κ1) is 14.2. The SMILES string of the molecule is C=C(C)CNC(=S)N/N=C\c1c(F)cccc1F. The Morgan fingerprint density at radius 2 is 2.06 bits per heavy atom. The van der Waals surface area contributed by atoms with E-state index >= 15 is 0 Å². The van der Waals surface area contributed by atoms with E-state index in [-0.39, 0.29) is 10.7 Å². The number of hydrazone groups is 1. The fourth-order valence-corrected chi connectivity index (χ4v) is 1.19. The molecular formula is C12H13F2N3S. The summed E-state index contributed by atoms with van der Waals surface area (Å²) < 4.78 is 26.4. The van der Waals surface area contributed by atoms with Gasteiger partial charge in [0.15, 0.2) is 5.11 Å². The zero-order valence-electron chi connectivity index (χ0n) is 9.84. The van der Waals surface area contributed by atoms with Crippen LogP contribution in [-0.2, 0) is 0 Å². The number of thiocarbonyl (C=S) groups is 1. The highest BCUT2D eigenvalue weighted by Crippen LogP contribution is 2.08. The summed E-state index contributed by atoms with van der Waals surface area (Å²) in [6.45, 7) is 6.04. The van der Waals surface area contributed by atoms with Crippen LogP contribution in [0.4, 0.5) is 8.78 Å². The van der Waals surface area contributed by atoms with Crippen LogP contribution < -0.4 is 10.7 Å². The summed E-state index contributed by atoms with van der Waals surface area (Å²) in [5, 5.41) is 6.73. The normalized spacial score (nSPS) is 10.4. The third-order valence-electron chi connectivity index (χ3n) is 1.91. The summed E-state index contributed by atoms with van der Waals surface area (Å²) in [6, 6.07) is 3.60. The Morgan fingerprint density at radius 3 is 2.61 bits per heavy atom. The molecule has 0 unspecified atom stereocenters. The summed E-state index contributed by atoms with van der Waals surface area (Å²) in [4.78, 5) is 0. The van der Waals surface area contributed by atoms with E-state index in [2.05, 4.69) is 22.4 Å². The van der Waals surface area contributed by atoms with Crippen molar-refractivity contribution in [1.82, 2.24) is 10.7 Å². The molecule has 0 atom stereocenters. The second-order valence-corrected chi connectivity index (χ2v) is 4.05. The molecule has 3 nitrogen and oxygen atoms in total. The smallest absolute Gasteiger partial charge is 0.187 e. The highest BCUT2D eigenvalue weighted by Gasteiger charge is 2.04. The van der Waals surface area contributed by atoms with Crippen molar-refractivity contribution in [3.8, 4) is 0 Å². The molecule has 96 valence electrons. The first-order valence-corrected chi connectivity index (χ1v) is 5.57. The van der Waals surface area contributed by atoms with E-state index in [0.29, 0.717) is 6.54 Å². The number of rotatable bonds is 4. The zero-order chi connectivity index (χ0) is 13.5. The Balaban J connectivity index is 2.55. The second kappa shape index (κ2) is 6.80. The summed E-state index contributed by atoms with van der Waals surface area (Å²) in [6.07, 6.45) is 1.04. The molecule has 1 aromatic rings. The molecule has 0 bridgehead atoms. The Kier molecular flexibility index (Phi) is 5.38. The number of benzene rings is 1. The maximum absolute atomic E-state index is 13.2. The fraction of sp³-hybridized carbons (Fsp3) is 0.167. The van der Waals surface area contributed by atoms with Crippen LogP contribution in [0.15, 0.2) is 35.5 Å². The molecule has 0 spiro atoms. The number of nitrogens with one attached hydrogen (secondary N) is 2. The summed E-state index contributed by atoms with van der Waals surface area (Å²) in [5.41, 5.74) is 3.15. The molecule has 1 rings (SSSR count). The molecule has 0 aliphatic rings. The molecule has 0 saturated carbocycles. The van der Waals surface area contributed by atoms with Gasteiger partial charge < -0.3 is 5.32 Å². The standard InChI is InChI=1S/C12H13F2N3S/c1-8(2)6-15-12(18)17-16-7-9-10(13)4-3-5-11(9)14/h3-5,7H,1,6H2,2H3,(H2,15,17,18)/b16-7-. The minimum absolute atomic E-state index is 0.215. The molecule has 0 aliphatic heterocycles. The fourth-order valence-electron chi connectivity index (χ4n) is 1.06. The second-order valence-electron chi connectivity index (χ2n) is 3.65. The topological polar surface area (TPSA) is 36.4 Å². The summed E-state index contributed by atoms with van der Waals surface area (Å²) >= 11 is 4.89. The van der Waals surface area contributed by atoms with Crippen molar-refractivity contribution in [3.63, 3.8) is 0 Å². The molecule has 6 heteroatoms. The van der Waals surface area contributed by atoms with E-state index in [0.717, 1.165) is 23.9 Å². The molecule has 0 aliphatic carbocycles. The van der Waals surface area contributed by atoms with E-state index < -0.39 is 11.6 Å². The van der Waals surface area contributed by atoms with Gasteiger partial charge in [-0.05, 0) is 31.3 Å². The highest BCUT2D eigenvalue weighted by molar-refractivity contribution is 7.80. The van der Waals surface area contributed by atoms with Gasteiger partial charge in [0.05, 0.1) is 11.8 Å². The van der Waals surface area contributed by atoms with E-state index in [1.807, 2.05) is 6.92 Å². The lowest BCUT2D eigenvalue weighted by Gasteiger charge is -2.06. The Labute approximate surface area is 110 Å². The number of nitrogens with zero attached hydrogens (tertiary/aromatic N) is 1. The van der Waals surface area contributed by atoms with Crippen molar-refractivity contribution >= 4 is 23.5 Å². The molecule has 0 fully saturated rings. The van der Waals surface area contributed by atoms with Crippen molar-refractivity contribution in [2.75, 3.05) is 6.54 Å². The van der Waals surface area contributed by atoms with Crippen LogP contribution in [0.2, 0.25) is 0 Å². The van der Waals surface area contributed by atoms with Gasteiger partial charge in [-0.3, -0.25) is 5.43 Å². The number of hydrogen-bond donors (Lipinski definition) is 2. The lowest BCUT2D eigenvalue weighted by Crippen LogP contribution is -2.33. The molecule has 2 N–H and O–H groups in total. The maximum atomic E-state index is 13.2. The van der Waals surface area contributed by atoms with E-state index in [4.69, 9.17) is 12.2 Å². The molecule has 0 amide bonds. The predicted molar refractivity (Wildman–Crippen MR) is 72.5 cm³/mol. The first-order valence-electron chi connectivity index (χ1n) is 5.16. The molecule has 0 saturated heterocycles. The summed E-state index contributed by atoms with van der Waals surface area (Å²) in [7, 11) is 0. The quantitative estimate of drug-likeness (QED) is 0.381. The van der Waals surface area contributed by atoms with Crippen LogP contribution in [-0.4, -0.2) is 17.9 Å². The van der Waals surface area contributed by atoms with Gasteiger partial charge in [0.2, 0.25) is 0 Å². The van der Waals surface area contributed by atoms with Crippen LogP contribution in [0.25, 0.3) is 0 Å². The van der Waals surface area contributed by atoms with Gasteiger partial charge in [-0.1, -0.05) is 18.2 Å². The molecule has 18 heavy (non-hydrogen) atoms. The Bertz CT molecular complexity index is 466. The minimum Gasteiger partial charge on any atom is -0.358 e. The van der Waals surface area contributed by atoms with Gasteiger partial charge in [0, 0.05) is 6.54 Å². The third kappa shape index (κ3) is 4.58. The van der Waals surface area contributed by atoms with Crippen molar-refractivity contribution < 1.29 is 8.78 Å². The molecule has 0 heterocycles. The van der Waals surface area contributed by atoms with Crippen LogP contribution in [0, 0.1) is 11.6 Å². The average molecular weight is 269 g/mol. The molecule has 0 radical (unpaired) electrons.